The topological polar surface area (TPSA) is 50.2 Å². The van der Waals surface area contributed by atoms with Crippen LogP contribution in [0.5, 0.6) is 0 Å². The minimum absolute atomic E-state index is 0.125. The first-order valence-electron chi connectivity index (χ1n) is 10.5. The molecule has 150 valence electrons. The van der Waals surface area contributed by atoms with Crippen LogP contribution in [0.25, 0.3) is 0 Å². The van der Waals surface area contributed by atoms with E-state index in [1.807, 2.05) is 36.1 Å². The van der Waals surface area contributed by atoms with Gasteiger partial charge in [0.2, 0.25) is 5.91 Å². The van der Waals surface area contributed by atoms with Crippen LogP contribution in [0.1, 0.15) is 55.7 Å². The first kappa shape index (κ1) is 19.2. The molecule has 1 aliphatic heterocycles. The highest BCUT2D eigenvalue weighted by Crippen LogP contribution is 2.38. The first-order chi connectivity index (χ1) is 13.5. The zero-order chi connectivity index (χ0) is 19.7. The van der Waals surface area contributed by atoms with Gasteiger partial charge in [-0.05, 0) is 36.7 Å². The summed E-state index contributed by atoms with van der Waals surface area (Å²) in [6.45, 7) is 3.25. The highest BCUT2D eigenvalue weighted by atomic mass is 16.2. The molecule has 5 nitrogen and oxygen atoms in total. The second kappa shape index (κ2) is 8.08. The summed E-state index contributed by atoms with van der Waals surface area (Å²) in [4.78, 5) is 14.3. The molecule has 5 heteroatoms. The Hall–Kier alpha value is -2.14. The zero-order valence-electron chi connectivity index (χ0n) is 17.2. The molecule has 0 radical (unpaired) electrons. The van der Waals surface area contributed by atoms with Gasteiger partial charge in [-0.2, -0.15) is 5.10 Å². The number of benzene rings is 1. The molecule has 1 amide bonds. The van der Waals surface area contributed by atoms with E-state index >= 15 is 0 Å². The summed E-state index contributed by atoms with van der Waals surface area (Å²) in [5.41, 5.74) is 2.60. The largest absolute Gasteiger partial charge is 0.338 e. The van der Waals surface area contributed by atoms with Crippen molar-refractivity contribution in [3.8, 4) is 0 Å². The summed E-state index contributed by atoms with van der Waals surface area (Å²) in [5, 5.41) is 8.15. The molecule has 1 saturated heterocycles. The molecule has 1 aliphatic carbocycles. The van der Waals surface area contributed by atoms with Crippen LogP contribution < -0.4 is 5.32 Å². The second-order valence-electron chi connectivity index (χ2n) is 8.89. The van der Waals surface area contributed by atoms with Crippen molar-refractivity contribution in [3.05, 3.63) is 53.9 Å². The third-order valence-corrected chi connectivity index (χ3v) is 6.64. The highest BCUT2D eigenvalue weighted by Gasteiger charge is 2.39. The van der Waals surface area contributed by atoms with E-state index in [1.54, 1.807) is 0 Å². The van der Waals surface area contributed by atoms with E-state index in [9.17, 15) is 4.79 Å². The lowest BCUT2D eigenvalue weighted by Gasteiger charge is -2.35. The van der Waals surface area contributed by atoms with Crippen molar-refractivity contribution >= 4 is 5.91 Å². The predicted octanol–water partition coefficient (Wildman–Crippen LogP) is 3.50. The van der Waals surface area contributed by atoms with E-state index in [1.165, 1.54) is 24.8 Å². The maximum Gasteiger partial charge on any atom is 0.223 e. The molecule has 4 rings (SSSR count). The van der Waals surface area contributed by atoms with Gasteiger partial charge in [-0.1, -0.05) is 37.3 Å². The molecule has 1 N–H and O–H groups in total. The van der Waals surface area contributed by atoms with Crippen molar-refractivity contribution in [2.45, 2.75) is 50.6 Å². The fourth-order valence-corrected chi connectivity index (χ4v) is 5.31. The van der Waals surface area contributed by atoms with Crippen molar-refractivity contribution in [2.75, 3.05) is 13.6 Å². The van der Waals surface area contributed by atoms with Gasteiger partial charge in [0.1, 0.15) is 0 Å². The number of nitrogens with one attached hydrogen (secondary N) is 1. The van der Waals surface area contributed by atoms with Gasteiger partial charge in [0, 0.05) is 50.8 Å². The maximum atomic E-state index is 12.4. The van der Waals surface area contributed by atoms with Crippen LogP contribution in [0.4, 0.5) is 0 Å². The molecule has 2 heterocycles. The van der Waals surface area contributed by atoms with E-state index in [2.05, 4.69) is 47.7 Å². The summed E-state index contributed by atoms with van der Waals surface area (Å²) in [7, 11) is 3.86. The first-order valence-corrected chi connectivity index (χ1v) is 10.5. The molecule has 28 heavy (non-hydrogen) atoms. The predicted molar refractivity (Wildman–Crippen MR) is 111 cm³/mol. The molecular formula is C23H32N4O. The average Bonchev–Trinajstić information content (AvgIpc) is 3.23. The number of likely N-dealkylation sites (tertiary alicyclic amines) is 1. The number of hydrogen-bond donors (Lipinski definition) is 1. The van der Waals surface area contributed by atoms with Crippen LogP contribution in [0.2, 0.25) is 0 Å². The van der Waals surface area contributed by atoms with Crippen LogP contribution in [-0.2, 0) is 11.8 Å². The van der Waals surface area contributed by atoms with E-state index in [-0.39, 0.29) is 11.9 Å². The Balaban J connectivity index is 1.42. The van der Waals surface area contributed by atoms with Crippen molar-refractivity contribution in [2.24, 2.45) is 18.9 Å². The minimum atomic E-state index is 0.125. The summed E-state index contributed by atoms with van der Waals surface area (Å²) in [6.07, 6.45) is 8.24. The number of carbonyl (C=O) groups excluding carboxylic acids is 1. The van der Waals surface area contributed by atoms with Crippen LogP contribution >= 0.6 is 0 Å². The quantitative estimate of drug-likeness (QED) is 0.864. The Morgan fingerprint density at radius 3 is 2.61 bits per heavy atom. The summed E-state index contributed by atoms with van der Waals surface area (Å²) in [5.74, 6) is 1.89. The molecule has 1 aromatic carbocycles. The van der Waals surface area contributed by atoms with Gasteiger partial charge in [-0.15, -0.1) is 0 Å². The number of aryl methyl sites for hydroxylation is 1. The summed E-state index contributed by atoms with van der Waals surface area (Å²) in [6, 6.07) is 11.6. The molecule has 2 aliphatic rings. The Kier molecular flexibility index (Phi) is 5.54. The van der Waals surface area contributed by atoms with E-state index in [0.717, 1.165) is 18.0 Å². The van der Waals surface area contributed by atoms with Crippen LogP contribution in [0, 0.1) is 11.8 Å². The highest BCUT2D eigenvalue weighted by molar-refractivity contribution is 5.79. The monoisotopic (exact) mass is 380 g/mol. The van der Waals surface area contributed by atoms with Gasteiger partial charge in [0.25, 0.3) is 0 Å². The van der Waals surface area contributed by atoms with Gasteiger partial charge < -0.3 is 10.2 Å². The lowest BCUT2D eigenvalue weighted by atomic mass is 9.76. The lowest BCUT2D eigenvalue weighted by molar-refractivity contribution is -0.127. The molecular weight excluding hydrogens is 348 g/mol. The zero-order valence-corrected chi connectivity index (χ0v) is 17.2. The molecule has 2 aromatic rings. The van der Waals surface area contributed by atoms with Gasteiger partial charge in [0.15, 0.2) is 0 Å². The molecule has 2 fully saturated rings. The number of amides is 1. The molecule has 1 aromatic heterocycles. The van der Waals surface area contributed by atoms with Crippen molar-refractivity contribution in [3.63, 3.8) is 0 Å². The Bertz CT molecular complexity index is 802. The average molecular weight is 381 g/mol. The second-order valence-corrected chi connectivity index (χ2v) is 8.89. The molecule has 0 bridgehead atoms. The minimum Gasteiger partial charge on any atom is -0.338 e. The smallest absolute Gasteiger partial charge is 0.223 e. The van der Waals surface area contributed by atoms with Gasteiger partial charge in [-0.3, -0.25) is 9.48 Å². The molecule has 0 unspecified atom stereocenters. The Labute approximate surface area is 168 Å². The fraction of sp³-hybridized carbons (Fsp3) is 0.565. The van der Waals surface area contributed by atoms with Crippen LogP contribution in [0.15, 0.2) is 42.7 Å². The fourth-order valence-electron chi connectivity index (χ4n) is 5.31. The molecule has 1 saturated carbocycles. The SMILES string of the molecule is C[C@@H]1C[C@@H](NC[C@@H]2CC(=O)N(C)[C@H]2c2cnn(C)c2)C[C@H](c2ccccc2)C1. The normalized spacial score (nSPS) is 30.8. The number of aromatic nitrogens is 2. The van der Waals surface area contributed by atoms with E-state index in [0.29, 0.717) is 24.3 Å². The van der Waals surface area contributed by atoms with Gasteiger partial charge >= 0.3 is 0 Å². The summed E-state index contributed by atoms with van der Waals surface area (Å²) < 4.78 is 1.82. The summed E-state index contributed by atoms with van der Waals surface area (Å²) >= 11 is 0. The number of rotatable bonds is 5. The molecule has 0 spiro atoms. The van der Waals surface area contributed by atoms with Gasteiger partial charge in [-0.25, -0.2) is 0 Å². The van der Waals surface area contributed by atoms with Crippen molar-refractivity contribution < 1.29 is 4.79 Å². The maximum absolute atomic E-state index is 12.4. The third-order valence-electron chi connectivity index (χ3n) is 6.64. The lowest BCUT2D eigenvalue weighted by Crippen LogP contribution is -2.39. The number of carbonyl (C=O) groups is 1. The van der Waals surface area contributed by atoms with E-state index in [4.69, 9.17) is 0 Å². The van der Waals surface area contributed by atoms with Crippen molar-refractivity contribution in [1.29, 1.82) is 0 Å². The molecule has 5 atom stereocenters. The van der Waals surface area contributed by atoms with Gasteiger partial charge in [0.05, 0.1) is 12.2 Å². The number of hydrogen-bond acceptors (Lipinski definition) is 3. The standard InChI is InChI=1S/C23H32N4O/c1-16-9-18(17-7-5-4-6-8-17)11-21(10-16)24-13-19-12-22(28)27(3)23(19)20-14-25-26(2)15-20/h4-8,14-16,18-19,21,23-24H,9-13H2,1-3H3/t16-,18+,19-,21+,23+/m0/s1. The van der Waals surface area contributed by atoms with Crippen molar-refractivity contribution in [1.82, 2.24) is 20.0 Å². The number of nitrogens with zero attached hydrogens (tertiary/aromatic N) is 3. The Morgan fingerprint density at radius 2 is 1.89 bits per heavy atom. The van der Waals surface area contributed by atoms with Crippen LogP contribution in [0.3, 0.4) is 0 Å². The Morgan fingerprint density at radius 1 is 1.11 bits per heavy atom. The third kappa shape index (κ3) is 4.00. The van der Waals surface area contributed by atoms with E-state index < -0.39 is 0 Å². The van der Waals surface area contributed by atoms with Crippen LogP contribution in [-0.4, -0.2) is 40.2 Å².